The first-order valence-electron chi connectivity index (χ1n) is 14.4. The van der Waals surface area contributed by atoms with Crippen molar-refractivity contribution >= 4 is 39.1 Å². The molecule has 2 aromatic carbocycles. The van der Waals surface area contributed by atoms with E-state index >= 15 is 4.39 Å². The van der Waals surface area contributed by atoms with Crippen LogP contribution in [0.3, 0.4) is 0 Å². The zero-order chi connectivity index (χ0) is 28.1. The van der Waals surface area contributed by atoms with Crippen molar-refractivity contribution in [1.82, 2.24) is 25.2 Å². The minimum absolute atomic E-state index is 0.0960. The van der Waals surface area contributed by atoms with Gasteiger partial charge in [0, 0.05) is 54.8 Å². The van der Waals surface area contributed by atoms with Crippen molar-refractivity contribution in [1.29, 1.82) is 0 Å². The SMILES string of the molecule is CN(c1nc(OC[C@@]23CCCN2C[C@H](F)C3)nc2c(F)c(-c3cccc4cccc(Cl)c34)ncc12)[C@@H]1CCCNC1. The molecule has 0 spiro atoms. The summed E-state index contributed by atoms with van der Waals surface area (Å²) >= 11 is 6.58. The molecule has 3 saturated heterocycles. The van der Waals surface area contributed by atoms with Crippen LogP contribution in [0, 0.1) is 5.82 Å². The number of piperidine rings is 1. The first-order chi connectivity index (χ1) is 19.9. The van der Waals surface area contributed by atoms with E-state index in [9.17, 15) is 4.39 Å². The molecule has 5 heterocycles. The highest BCUT2D eigenvalue weighted by atomic mass is 35.5. The number of pyridine rings is 1. The van der Waals surface area contributed by atoms with Gasteiger partial charge in [-0.3, -0.25) is 9.88 Å². The van der Waals surface area contributed by atoms with Crippen molar-refractivity contribution in [3.05, 3.63) is 53.4 Å². The summed E-state index contributed by atoms with van der Waals surface area (Å²) < 4.78 is 37.2. The molecule has 41 heavy (non-hydrogen) atoms. The molecular weight excluding hydrogens is 546 g/mol. The topological polar surface area (TPSA) is 66.4 Å². The Hall–Kier alpha value is -3.14. The Balaban J connectivity index is 1.34. The fourth-order valence-corrected chi connectivity index (χ4v) is 7.30. The number of alkyl halides is 1. The van der Waals surface area contributed by atoms with Crippen molar-refractivity contribution < 1.29 is 13.5 Å². The van der Waals surface area contributed by atoms with Gasteiger partial charge in [-0.2, -0.15) is 9.97 Å². The largest absolute Gasteiger partial charge is 0.461 e. The molecule has 0 bridgehead atoms. The molecular formula is C31H33ClF2N6O. The minimum Gasteiger partial charge on any atom is -0.461 e. The van der Waals surface area contributed by atoms with Crippen LogP contribution in [0.5, 0.6) is 6.01 Å². The average Bonchev–Trinajstić information content (AvgIpc) is 3.52. The number of likely N-dealkylation sites (N-methyl/N-ethyl adjacent to an activating group) is 1. The number of anilines is 1. The van der Waals surface area contributed by atoms with Crippen LogP contribution in [-0.4, -0.2) is 77.4 Å². The van der Waals surface area contributed by atoms with Crippen LogP contribution >= 0.6 is 11.6 Å². The lowest BCUT2D eigenvalue weighted by Crippen LogP contribution is -2.45. The normalized spacial score (nSPS) is 24.7. The quantitative estimate of drug-likeness (QED) is 0.311. The summed E-state index contributed by atoms with van der Waals surface area (Å²) in [6.45, 7) is 3.34. The third-order valence-corrected chi connectivity index (χ3v) is 9.45. The highest BCUT2D eigenvalue weighted by Gasteiger charge is 2.49. The molecule has 214 valence electrons. The molecule has 0 saturated carbocycles. The van der Waals surface area contributed by atoms with Crippen LogP contribution in [0.15, 0.2) is 42.6 Å². The van der Waals surface area contributed by atoms with E-state index in [0.29, 0.717) is 34.8 Å². The predicted molar refractivity (Wildman–Crippen MR) is 158 cm³/mol. The Kier molecular flexibility index (Phi) is 6.92. The molecule has 0 unspecified atom stereocenters. The lowest BCUT2D eigenvalue weighted by Gasteiger charge is -2.33. The van der Waals surface area contributed by atoms with Gasteiger partial charge in [-0.05, 0) is 50.2 Å². The van der Waals surface area contributed by atoms with Crippen LogP contribution < -0.4 is 15.0 Å². The second kappa shape index (κ2) is 10.6. The smallest absolute Gasteiger partial charge is 0.319 e. The van der Waals surface area contributed by atoms with Gasteiger partial charge in [0.15, 0.2) is 5.82 Å². The van der Waals surface area contributed by atoms with Gasteiger partial charge in [-0.25, -0.2) is 8.78 Å². The Labute approximate surface area is 242 Å². The van der Waals surface area contributed by atoms with Crippen molar-refractivity contribution in [2.75, 3.05) is 44.7 Å². The van der Waals surface area contributed by atoms with Crippen molar-refractivity contribution in [2.24, 2.45) is 0 Å². The summed E-state index contributed by atoms with van der Waals surface area (Å²) in [6.07, 6.45) is 5.13. The molecule has 3 aliphatic rings. The number of benzene rings is 2. The van der Waals surface area contributed by atoms with Gasteiger partial charge in [-0.1, -0.05) is 41.9 Å². The Bertz CT molecular complexity index is 1610. The number of rotatable bonds is 6. The summed E-state index contributed by atoms with van der Waals surface area (Å²) in [5, 5.41) is 6.12. The van der Waals surface area contributed by atoms with Gasteiger partial charge in [0.1, 0.15) is 29.8 Å². The number of nitrogens with zero attached hydrogens (tertiary/aromatic N) is 5. The second-order valence-electron chi connectivity index (χ2n) is 11.6. The molecule has 1 N–H and O–H groups in total. The first-order valence-corrected chi connectivity index (χ1v) is 14.8. The van der Waals surface area contributed by atoms with E-state index in [-0.39, 0.29) is 35.4 Å². The highest BCUT2D eigenvalue weighted by molar-refractivity contribution is 6.36. The van der Waals surface area contributed by atoms with Crippen LogP contribution in [0.4, 0.5) is 14.6 Å². The molecule has 4 aromatic rings. The molecule has 0 amide bonds. The van der Waals surface area contributed by atoms with Crippen LogP contribution in [0.25, 0.3) is 32.9 Å². The Morgan fingerprint density at radius 2 is 2.05 bits per heavy atom. The number of ether oxygens (including phenoxy) is 1. The fraction of sp³-hybridized carbons (Fsp3) is 0.452. The molecule has 3 fully saturated rings. The number of aromatic nitrogens is 3. The molecule has 7 nitrogen and oxygen atoms in total. The van der Waals surface area contributed by atoms with Gasteiger partial charge in [0.05, 0.1) is 10.9 Å². The molecule has 3 atom stereocenters. The lowest BCUT2D eigenvalue weighted by atomic mass is 9.95. The number of halogens is 3. The standard InChI is InChI=1S/C31H33ClF2N6O/c1-39(21-8-4-12-35-15-21)29-23-16-36-27(22-9-2-6-19-7-3-10-24(32)25(19)22)26(34)28(23)37-30(38-29)41-18-31-11-5-13-40(31)17-20(33)14-31/h2-3,6-7,9-10,16,20-21,35H,4-5,8,11-15,17-18H2,1H3/t20-,21-,31+/m1/s1. The third kappa shape index (κ3) is 4.68. The summed E-state index contributed by atoms with van der Waals surface area (Å²) in [6, 6.07) is 11.5. The molecule has 10 heteroatoms. The van der Waals surface area contributed by atoms with Crippen molar-refractivity contribution in [2.45, 2.75) is 49.9 Å². The van der Waals surface area contributed by atoms with Crippen LogP contribution in [0.2, 0.25) is 5.02 Å². The van der Waals surface area contributed by atoms with E-state index in [2.05, 4.69) is 25.1 Å². The van der Waals surface area contributed by atoms with Crippen molar-refractivity contribution in [3.63, 3.8) is 0 Å². The van der Waals surface area contributed by atoms with E-state index in [1.807, 2.05) is 37.4 Å². The summed E-state index contributed by atoms with van der Waals surface area (Å²) in [5.74, 6) is 0.0205. The number of hydrogen-bond acceptors (Lipinski definition) is 7. The molecule has 2 aromatic heterocycles. The lowest BCUT2D eigenvalue weighted by molar-refractivity contribution is 0.107. The van der Waals surface area contributed by atoms with Gasteiger partial charge < -0.3 is 15.0 Å². The minimum atomic E-state index is -0.865. The number of nitrogens with one attached hydrogen (secondary N) is 1. The van der Waals surface area contributed by atoms with Crippen LogP contribution in [0.1, 0.15) is 32.1 Å². The summed E-state index contributed by atoms with van der Waals surface area (Å²) in [5.41, 5.74) is 0.551. The maximum atomic E-state index is 16.5. The van der Waals surface area contributed by atoms with Gasteiger partial charge >= 0.3 is 6.01 Å². The van der Waals surface area contributed by atoms with E-state index < -0.39 is 12.0 Å². The Morgan fingerprint density at radius 1 is 1.20 bits per heavy atom. The van der Waals surface area contributed by atoms with Gasteiger partial charge in [0.2, 0.25) is 0 Å². The molecule has 7 rings (SSSR count). The molecule has 0 aliphatic carbocycles. The zero-order valence-corrected chi connectivity index (χ0v) is 23.8. The average molecular weight is 579 g/mol. The maximum Gasteiger partial charge on any atom is 0.319 e. The van der Waals surface area contributed by atoms with Crippen molar-refractivity contribution in [3.8, 4) is 17.3 Å². The zero-order valence-electron chi connectivity index (χ0n) is 23.0. The fourth-order valence-electron chi connectivity index (χ4n) is 7.02. The monoisotopic (exact) mass is 578 g/mol. The summed E-state index contributed by atoms with van der Waals surface area (Å²) in [7, 11) is 1.97. The molecule has 0 radical (unpaired) electrons. The van der Waals surface area contributed by atoms with Gasteiger partial charge in [0.25, 0.3) is 0 Å². The van der Waals surface area contributed by atoms with E-state index in [1.165, 1.54) is 0 Å². The number of hydrogen-bond donors (Lipinski definition) is 1. The van der Waals surface area contributed by atoms with Crippen LogP contribution in [-0.2, 0) is 0 Å². The summed E-state index contributed by atoms with van der Waals surface area (Å²) in [4.78, 5) is 18.3. The van der Waals surface area contributed by atoms with Gasteiger partial charge in [-0.15, -0.1) is 0 Å². The van der Waals surface area contributed by atoms with E-state index in [0.717, 1.165) is 56.1 Å². The van der Waals surface area contributed by atoms with E-state index in [4.69, 9.17) is 21.3 Å². The maximum absolute atomic E-state index is 16.5. The highest BCUT2D eigenvalue weighted by Crippen LogP contribution is 2.41. The number of fused-ring (bicyclic) bond motifs is 3. The Morgan fingerprint density at radius 3 is 2.88 bits per heavy atom. The third-order valence-electron chi connectivity index (χ3n) is 9.14. The van der Waals surface area contributed by atoms with E-state index in [1.54, 1.807) is 12.3 Å². The predicted octanol–water partition coefficient (Wildman–Crippen LogP) is 5.78. The first kappa shape index (κ1) is 26.7. The second-order valence-corrected chi connectivity index (χ2v) is 12.0. The molecule has 3 aliphatic heterocycles.